The highest BCUT2D eigenvalue weighted by Gasteiger charge is 2.61. The second-order valence-electron chi connectivity index (χ2n) is 5.78. The van der Waals surface area contributed by atoms with Crippen LogP contribution >= 0.6 is 0 Å². The molecule has 0 heterocycles. The number of para-hydroxylation sites is 1. The second kappa shape index (κ2) is 5.53. The van der Waals surface area contributed by atoms with Gasteiger partial charge in [-0.1, -0.05) is 30.4 Å². The molecule has 5 nitrogen and oxygen atoms in total. The topological polar surface area (TPSA) is 64.9 Å². The molecule has 23 heavy (non-hydrogen) atoms. The van der Waals surface area contributed by atoms with Crippen molar-refractivity contribution in [1.82, 2.24) is 5.43 Å². The maximum atomic E-state index is 13.9. The van der Waals surface area contributed by atoms with Crippen molar-refractivity contribution in [3.8, 4) is 0 Å². The van der Waals surface area contributed by atoms with Crippen molar-refractivity contribution < 1.29 is 14.3 Å². The zero-order valence-corrected chi connectivity index (χ0v) is 13.0. The van der Waals surface area contributed by atoms with E-state index in [0.29, 0.717) is 17.9 Å². The largest absolute Gasteiger partial charge is 0.481 e. The number of fused-ring (bicyclic) bond motifs is 1. The van der Waals surface area contributed by atoms with Crippen LogP contribution < -0.4 is 10.4 Å². The van der Waals surface area contributed by atoms with Gasteiger partial charge in [0, 0.05) is 25.6 Å². The molecule has 1 aromatic carbocycles. The summed E-state index contributed by atoms with van der Waals surface area (Å²) in [5.74, 6) is -0.706. The molecule has 120 valence electrons. The molecular weight excluding hydrogens is 297 g/mol. The number of amidine groups is 1. The molecule has 2 aliphatic carbocycles. The Hall–Kier alpha value is -2.63. The van der Waals surface area contributed by atoms with Crippen LogP contribution in [-0.2, 0) is 4.79 Å². The number of hydrogen-bond donors (Lipinski definition) is 2. The lowest BCUT2D eigenvalue weighted by atomic mass is 9.93. The van der Waals surface area contributed by atoms with Gasteiger partial charge in [-0.15, -0.1) is 0 Å². The van der Waals surface area contributed by atoms with Gasteiger partial charge in [0.2, 0.25) is 0 Å². The number of nitrogens with zero attached hydrogens (tertiary/aromatic N) is 2. The maximum absolute atomic E-state index is 13.9. The summed E-state index contributed by atoms with van der Waals surface area (Å²) in [6, 6.07) is 6.42. The van der Waals surface area contributed by atoms with Crippen molar-refractivity contribution in [2.75, 3.05) is 19.1 Å². The van der Waals surface area contributed by atoms with Crippen molar-refractivity contribution >= 4 is 17.5 Å². The standard InChI is InChI=1S/C17H18FN3O2/c1-19-15(20-21(2)14-8-4-3-7-13(14)18)11-6-5-9-17(16(22)23)10-12(11)17/h3-9,12H,10H2,1-2H3,(H,19,20)(H,22,23). The third-order valence-electron chi connectivity index (χ3n) is 4.43. The lowest BCUT2D eigenvalue weighted by Gasteiger charge is -2.25. The van der Waals surface area contributed by atoms with Gasteiger partial charge in [-0.25, -0.2) is 4.39 Å². The molecule has 0 saturated heterocycles. The van der Waals surface area contributed by atoms with Gasteiger partial charge in [0.05, 0.1) is 11.1 Å². The van der Waals surface area contributed by atoms with Gasteiger partial charge in [-0.05, 0) is 18.6 Å². The van der Waals surface area contributed by atoms with Gasteiger partial charge >= 0.3 is 5.97 Å². The van der Waals surface area contributed by atoms with Gasteiger partial charge in [-0.3, -0.25) is 20.2 Å². The van der Waals surface area contributed by atoms with Crippen molar-refractivity contribution in [1.29, 1.82) is 0 Å². The predicted octanol–water partition coefficient (Wildman–Crippen LogP) is 2.38. The van der Waals surface area contributed by atoms with E-state index in [1.54, 1.807) is 49.5 Å². The number of allylic oxidation sites excluding steroid dienone is 2. The SMILES string of the molecule is CN=C(NN(C)c1ccccc1F)C1=CC=CC2(C(=O)O)CC12. The molecular formula is C17H18FN3O2. The number of hydrogen-bond acceptors (Lipinski definition) is 3. The highest BCUT2D eigenvalue weighted by atomic mass is 19.1. The average Bonchev–Trinajstić information content (AvgIpc) is 3.29. The Morgan fingerprint density at radius 1 is 1.48 bits per heavy atom. The average molecular weight is 315 g/mol. The van der Waals surface area contributed by atoms with Crippen LogP contribution in [0.3, 0.4) is 0 Å². The van der Waals surface area contributed by atoms with Crippen LogP contribution in [0.15, 0.2) is 53.1 Å². The number of halogens is 1. The number of benzene rings is 1. The summed E-state index contributed by atoms with van der Waals surface area (Å²) in [7, 11) is 3.32. The Balaban J connectivity index is 1.80. The van der Waals surface area contributed by atoms with E-state index in [4.69, 9.17) is 0 Å². The third-order valence-corrected chi connectivity index (χ3v) is 4.43. The first-order valence-electron chi connectivity index (χ1n) is 7.34. The molecule has 0 bridgehead atoms. The van der Waals surface area contributed by atoms with Crippen molar-refractivity contribution in [3.63, 3.8) is 0 Å². The summed E-state index contributed by atoms with van der Waals surface area (Å²) in [4.78, 5) is 15.7. The molecule has 6 heteroatoms. The number of hydrazine groups is 1. The van der Waals surface area contributed by atoms with Crippen molar-refractivity contribution in [2.45, 2.75) is 6.42 Å². The Morgan fingerprint density at radius 3 is 2.87 bits per heavy atom. The first-order valence-corrected chi connectivity index (χ1v) is 7.34. The summed E-state index contributed by atoms with van der Waals surface area (Å²) >= 11 is 0. The molecule has 2 N–H and O–H groups in total. The molecule has 1 fully saturated rings. The van der Waals surface area contributed by atoms with Crippen LogP contribution in [0.1, 0.15) is 6.42 Å². The molecule has 3 rings (SSSR count). The van der Waals surface area contributed by atoms with E-state index in [-0.39, 0.29) is 11.7 Å². The quantitative estimate of drug-likeness (QED) is 0.509. The second-order valence-corrected chi connectivity index (χ2v) is 5.78. The number of carbonyl (C=O) groups is 1. The zero-order chi connectivity index (χ0) is 16.6. The maximum Gasteiger partial charge on any atom is 0.314 e. The molecule has 1 saturated carbocycles. The van der Waals surface area contributed by atoms with Crippen molar-refractivity contribution in [3.05, 3.63) is 53.9 Å². The molecule has 0 spiro atoms. The third kappa shape index (κ3) is 2.50. The highest BCUT2D eigenvalue weighted by Crippen LogP contribution is 2.59. The fourth-order valence-electron chi connectivity index (χ4n) is 3.03. The van der Waals surface area contributed by atoms with E-state index in [9.17, 15) is 14.3 Å². The summed E-state index contributed by atoms with van der Waals surface area (Å²) < 4.78 is 13.9. The zero-order valence-electron chi connectivity index (χ0n) is 13.0. The van der Waals surface area contributed by atoms with Gasteiger partial charge in [0.15, 0.2) is 0 Å². The molecule has 0 aromatic heterocycles. The molecule has 0 amide bonds. The van der Waals surface area contributed by atoms with Crippen LogP contribution in [0.5, 0.6) is 0 Å². The number of rotatable bonds is 4. The number of aliphatic carboxylic acids is 1. The molecule has 0 radical (unpaired) electrons. The van der Waals surface area contributed by atoms with Crippen LogP contribution in [0, 0.1) is 17.2 Å². The summed E-state index contributed by atoms with van der Waals surface area (Å²) in [5, 5.41) is 11.0. The lowest BCUT2D eigenvalue weighted by molar-refractivity contribution is -0.141. The smallest absolute Gasteiger partial charge is 0.314 e. The van der Waals surface area contributed by atoms with E-state index < -0.39 is 11.4 Å². The van der Waals surface area contributed by atoms with E-state index >= 15 is 0 Å². The van der Waals surface area contributed by atoms with Gasteiger partial charge in [-0.2, -0.15) is 0 Å². The molecule has 0 aliphatic heterocycles. The lowest BCUT2D eigenvalue weighted by Crippen LogP contribution is -2.41. The van der Waals surface area contributed by atoms with Gasteiger partial charge < -0.3 is 5.11 Å². The predicted molar refractivity (Wildman–Crippen MR) is 86.7 cm³/mol. The van der Waals surface area contributed by atoms with E-state index in [1.807, 2.05) is 6.08 Å². The normalized spacial score (nSPS) is 25.4. The minimum atomic E-state index is -0.817. The van der Waals surface area contributed by atoms with Crippen molar-refractivity contribution in [2.24, 2.45) is 16.3 Å². The Morgan fingerprint density at radius 2 is 2.22 bits per heavy atom. The number of carboxylic acids is 1. The monoisotopic (exact) mass is 315 g/mol. The molecule has 2 atom stereocenters. The van der Waals surface area contributed by atoms with Crippen LogP contribution in [0.25, 0.3) is 0 Å². The van der Waals surface area contributed by atoms with Gasteiger partial charge in [0.25, 0.3) is 0 Å². The minimum absolute atomic E-state index is 0.0924. The minimum Gasteiger partial charge on any atom is -0.481 e. The summed E-state index contributed by atoms with van der Waals surface area (Å²) in [6.07, 6.45) is 5.92. The van der Waals surface area contributed by atoms with E-state index in [0.717, 1.165) is 5.57 Å². The fraction of sp³-hybridized carbons (Fsp3) is 0.294. The fourth-order valence-corrected chi connectivity index (χ4v) is 3.03. The first-order chi connectivity index (χ1) is 11.0. The van der Waals surface area contributed by atoms with E-state index in [1.165, 1.54) is 6.07 Å². The first kappa shape index (κ1) is 15.3. The number of anilines is 1. The number of aliphatic imine (C=N–C) groups is 1. The Bertz CT molecular complexity index is 741. The van der Waals surface area contributed by atoms with Crippen LogP contribution in [0.4, 0.5) is 10.1 Å². The molecule has 1 aromatic rings. The molecule has 2 unspecified atom stereocenters. The Kier molecular flexibility index (Phi) is 3.67. The molecule has 2 aliphatic rings. The Labute approximate surface area is 133 Å². The van der Waals surface area contributed by atoms with Crippen LogP contribution in [0.2, 0.25) is 0 Å². The number of nitrogens with one attached hydrogen (secondary N) is 1. The summed E-state index contributed by atoms with van der Waals surface area (Å²) in [6.45, 7) is 0. The highest BCUT2D eigenvalue weighted by molar-refractivity contribution is 6.02. The van der Waals surface area contributed by atoms with Crippen LogP contribution in [-0.4, -0.2) is 31.0 Å². The number of carboxylic acid groups (broad SMARTS) is 1. The summed E-state index contributed by atoms with van der Waals surface area (Å²) in [5.41, 5.74) is 3.47. The van der Waals surface area contributed by atoms with E-state index in [2.05, 4.69) is 10.4 Å². The van der Waals surface area contributed by atoms with Gasteiger partial charge in [0.1, 0.15) is 11.7 Å².